The normalized spacial score (nSPS) is 64.5. The topological polar surface area (TPSA) is 27.7 Å². The van der Waals surface area contributed by atoms with Gasteiger partial charge in [0.15, 0.2) is 0 Å². The van der Waals surface area contributed by atoms with Crippen LogP contribution in [0.25, 0.3) is 0 Å². The van der Waals surface area contributed by atoms with Gasteiger partial charge in [0.2, 0.25) is 11.6 Å². The molecule has 1 aliphatic heterocycles. The van der Waals surface area contributed by atoms with Gasteiger partial charge in [-0.05, 0) is 68.1 Å². The molecule has 0 aromatic carbocycles. The largest absolute Gasteiger partial charge is 0.312 e. The molecule has 22 heavy (non-hydrogen) atoms. The van der Waals surface area contributed by atoms with Gasteiger partial charge in [-0.3, -0.25) is 0 Å². The Morgan fingerprint density at radius 1 is 0.864 bits per heavy atom. The molecular weight excluding hydrogens is 276 g/mol. The highest BCUT2D eigenvalue weighted by molar-refractivity contribution is 5.21. The molecular formula is C19H28O3. The third kappa shape index (κ3) is 1.33. The van der Waals surface area contributed by atoms with Crippen LogP contribution in [0.5, 0.6) is 0 Å². The summed E-state index contributed by atoms with van der Waals surface area (Å²) in [5, 5.41) is 0. The average Bonchev–Trinajstić information content (AvgIpc) is 3.11. The van der Waals surface area contributed by atoms with E-state index in [1.807, 2.05) is 0 Å². The fraction of sp³-hybridized carbons (Fsp3) is 1.00. The van der Waals surface area contributed by atoms with Crippen LogP contribution >= 0.6 is 0 Å². The Labute approximate surface area is 133 Å². The van der Waals surface area contributed by atoms with E-state index in [0.29, 0.717) is 17.3 Å². The van der Waals surface area contributed by atoms with E-state index in [0.717, 1.165) is 30.6 Å². The summed E-state index contributed by atoms with van der Waals surface area (Å²) >= 11 is 0. The van der Waals surface area contributed by atoms with Crippen molar-refractivity contribution < 1.29 is 14.5 Å². The second-order valence-electron chi connectivity index (χ2n) is 9.39. The summed E-state index contributed by atoms with van der Waals surface area (Å²) < 4.78 is 6.79. The smallest absolute Gasteiger partial charge is 0.210 e. The lowest BCUT2D eigenvalue weighted by atomic mass is 9.56. The van der Waals surface area contributed by atoms with Crippen molar-refractivity contribution in [3.63, 3.8) is 0 Å². The van der Waals surface area contributed by atoms with Crippen LogP contribution in [0.2, 0.25) is 0 Å². The van der Waals surface area contributed by atoms with Crippen LogP contribution in [0.1, 0.15) is 71.1 Å². The Kier molecular flexibility index (Phi) is 2.35. The second kappa shape index (κ2) is 3.92. The molecule has 0 radical (unpaired) electrons. The fourth-order valence-corrected chi connectivity index (χ4v) is 7.59. The number of ether oxygens (including phenoxy) is 1. The average molecular weight is 304 g/mol. The Morgan fingerprint density at radius 2 is 1.50 bits per heavy atom. The van der Waals surface area contributed by atoms with Crippen LogP contribution < -0.4 is 0 Å². The fourth-order valence-electron chi connectivity index (χ4n) is 7.59. The first-order chi connectivity index (χ1) is 10.7. The lowest BCUT2D eigenvalue weighted by molar-refractivity contribution is -0.375. The van der Waals surface area contributed by atoms with Gasteiger partial charge in [0.05, 0.1) is 0 Å². The molecule has 4 atom stereocenters. The summed E-state index contributed by atoms with van der Waals surface area (Å²) in [6.07, 6.45) is 12.7. The van der Waals surface area contributed by atoms with Crippen LogP contribution in [-0.2, 0) is 14.5 Å². The van der Waals surface area contributed by atoms with Crippen LogP contribution in [0.15, 0.2) is 0 Å². The van der Waals surface area contributed by atoms with Crippen molar-refractivity contribution in [2.75, 3.05) is 0 Å². The SMILES string of the molecule is CCC1CC[C@]2(CC1)OO[C@]1(O2)C2CC3CC4CC1CC34C2. The molecule has 6 rings (SSSR count). The highest BCUT2D eigenvalue weighted by Crippen LogP contribution is 2.79. The number of rotatable bonds is 1. The van der Waals surface area contributed by atoms with E-state index >= 15 is 0 Å². The zero-order chi connectivity index (χ0) is 14.6. The molecule has 3 spiro atoms. The van der Waals surface area contributed by atoms with Crippen molar-refractivity contribution in [2.24, 2.45) is 35.0 Å². The van der Waals surface area contributed by atoms with Gasteiger partial charge in [0, 0.05) is 24.7 Å². The first-order valence-corrected chi connectivity index (χ1v) is 9.75. The predicted octanol–water partition coefficient (Wildman–Crippen LogP) is 4.41. The molecule has 3 nitrogen and oxygen atoms in total. The monoisotopic (exact) mass is 304 g/mol. The van der Waals surface area contributed by atoms with Gasteiger partial charge in [0.1, 0.15) is 0 Å². The van der Waals surface area contributed by atoms with Crippen LogP contribution in [0, 0.1) is 35.0 Å². The predicted molar refractivity (Wildman–Crippen MR) is 80.4 cm³/mol. The quantitative estimate of drug-likeness (QED) is 0.671. The molecule has 1 saturated heterocycles. The molecule has 6 fully saturated rings. The molecule has 0 aromatic rings. The van der Waals surface area contributed by atoms with E-state index in [9.17, 15) is 0 Å². The summed E-state index contributed by atoms with van der Waals surface area (Å²) in [6.45, 7) is 2.31. The maximum Gasteiger partial charge on any atom is 0.210 e. The van der Waals surface area contributed by atoms with Crippen molar-refractivity contribution in [1.82, 2.24) is 0 Å². The second-order valence-corrected chi connectivity index (χ2v) is 9.39. The molecule has 4 unspecified atom stereocenters. The van der Waals surface area contributed by atoms with Gasteiger partial charge in [-0.15, -0.1) is 0 Å². The lowest BCUT2D eigenvalue weighted by Gasteiger charge is -2.49. The summed E-state index contributed by atoms with van der Waals surface area (Å²) in [5.74, 6) is 3.25. The molecule has 3 heteroatoms. The molecule has 6 aliphatic rings. The lowest BCUT2D eigenvalue weighted by Crippen LogP contribution is -2.50. The van der Waals surface area contributed by atoms with E-state index in [1.54, 1.807) is 0 Å². The first kappa shape index (κ1) is 13.2. The van der Waals surface area contributed by atoms with Gasteiger partial charge in [0.25, 0.3) is 0 Å². The summed E-state index contributed by atoms with van der Waals surface area (Å²) in [4.78, 5) is 12.1. The minimum atomic E-state index is -0.402. The molecule has 0 amide bonds. The summed E-state index contributed by atoms with van der Waals surface area (Å²) in [5.41, 5.74) is 0.711. The molecule has 3 bridgehead atoms. The van der Waals surface area contributed by atoms with E-state index in [1.165, 1.54) is 51.4 Å². The molecule has 0 N–H and O–H groups in total. The van der Waals surface area contributed by atoms with Gasteiger partial charge in [-0.25, -0.2) is 0 Å². The van der Waals surface area contributed by atoms with Crippen LogP contribution in [0.4, 0.5) is 0 Å². The Morgan fingerprint density at radius 3 is 2.14 bits per heavy atom. The Bertz CT molecular complexity index is 483. The summed E-state index contributed by atoms with van der Waals surface area (Å²) in [7, 11) is 0. The minimum Gasteiger partial charge on any atom is -0.312 e. The molecule has 5 saturated carbocycles. The van der Waals surface area contributed by atoms with Crippen molar-refractivity contribution in [3.8, 4) is 0 Å². The zero-order valence-corrected chi connectivity index (χ0v) is 13.7. The van der Waals surface area contributed by atoms with Crippen LogP contribution in [0.3, 0.4) is 0 Å². The van der Waals surface area contributed by atoms with Gasteiger partial charge in [-0.1, -0.05) is 13.3 Å². The molecule has 0 aromatic heterocycles. The third-order valence-corrected chi connectivity index (χ3v) is 8.84. The standard InChI is InChI=1S/C19H28O3/c1-2-12-3-5-18(6-4-12)20-19(22-21-18)15-8-13-7-14-9-16(19)11-17(13,14)10-15/h12-16H,2-11H2,1H3/t12?,13?,14?,15?,16?,17?,18-,19?. The maximum absolute atomic E-state index is 6.79. The Hall–Kier alpha value is -0.120. The van der Waals surface area contributed by atoms with Gasteiger partial charge < -0.3 is 4.74 Å². The number of hydrogen-bond donors (Lipinski definition) is 0. The van der Waals surface area contributed by atoms with Crippen LogP contribution in [-0.4, -0.2) is 11.6 Å². The zero-order valence-electron chi connectivity index (χ0n) is 13.7. The van der Waals surface area contributed by atoms with E-state index < -0.39 is 5.79 Å². The molecule has 122 valence electrons. The highest BCUT2D eigenvalue weighted by atomic mass is 17.3. The maximum atomic E-state index is 6.79. The van der Waals surface area contributed by atoms with Crippen molar-refractivity contribution >= 4 is 0 Å². The third-order valence-electron chi connectivity index (χ3n) is 8.84. The molecule has 1 heterocycles. The number of hydrogen-bond acceptors (Lipinski definition) is 3. The van der Waals surface area contributed by atoms with E-state index in [4.69, 9.17) is 14.5 Å². The number of fused-ring (bicyclic) bond motifs is 4. The minimum absolute atomic E-state index is 0.369. The highest BCUT2D eigenvalue weighted by Gasteiger charge is 2.77. The Balaban J connectivity index is 1.29. The van der Waals surface area contributed by atoms with Crippen molar-refractivity contribution in [1.29, 1.82) is 0 Å². The van der Waals surface area contributed by atoms with Gasteiger partial charge >= 0.3 is 0 Å². The summed E-state index contributed by atoms with van der Waals surface area (Å²) in [6, 6.07) is 0. The van der Waals surface area contributed by atoms with Crippen molar-refractivity contribution in [3.05, 3.63) is 0 Å². The molecule has 5 aliphatic carbocycles. The van der Waals surface area contributed by atoms with Crippen molar-refractivity contribution in [2.45, 2.75) is 82.7 Å². The van der Waals surface area contributed by atoms with E-state index in [-0.39, 0.29) is 5.79 Å². The van der Waals surface area contributed by atoms with E-state index in [2.05, 4.69) is 6.92 Å². The first-order valence-electron chi connectivity index (χ1n) is 9.75. The van der Waals surface area contributed by atoms with Gasteiger partial charge in [-0.2, -0.15) is 9.78 Å².